The molecular weight excluding hydrogens is 216 g/mol. The Balaban J connectivity index is 1.96. The summed E-state index contributed by atoms with van der Waals surface area (Å²) in [6.07, 6.45) is 1.01. The van der Waals surface area contributed by atoms with Crippen molar-refractivity contribution in [2.24, 2.45) is 5.73 Å². The first-order valence-electron chi connectivity index (χ1n) is 6.21. The third kappa shape index (κ3) is 1.98. The summed E-state index contributed by atoms with van der Waals surface area (Å²) in [5.74, 6) is 2.06. The minimum atomic E-state index is 0.202. The lowest BCUT2D eigenvalue weighted by Gasteiger charge is -2.32. The lowest BCUT2D eigenvalue weighted by Crippen LogP contribution is -2.43. The van der Waals surface area contributed by atoms with Crippen LogP contribution in [0.3, 0.4) is 0 Å². The van der Waals surface area contributed by atoms with Gasteiger partial charge in [0.2, 0.25) is 0 Å². The van der Waals surface area contributed by atoms with Crippen LogP contribution in [0, 0.1) is 0 Å². The molecule has 0 spiro atoms. The minimum Gasteiger partial charge on any atom is -0.486 e. The summed E-state index contributed by atoms with van der Waals surface area (Å²) in [5, 5.41) is 3.39. The smallest absolute Gasteiger partial charge is 0.164 e. The number of rotatable bonds is 1. The highest BCUT2D eigenvalue weighted by Gasteiger charge is 2.28. The second-order valence-electron chi connectivity index (χ2n) is 4.63. The number of hydrogen-bond donors (Lipinski definition) is 2. The average molecular weight is 234 g/mol. The SMILES string of the molecule is NC1CCNCC1c1cccc2c1OCCO2. The summed E-state index contributed by atoms with van der Waals surface area (Å²) >= 11 is 0. The molecule has 4 nitrogen and oxygen atoms in total. The van der Waals surface area contributed by atoms with Crippen molar-refractivity contribution >= 4 is 0 Å². The molecule has 17 heavy (non-hydrogen) atoms. The van der Waals surface area contributed by atoms with Crippen molar-refractivity contribution in [3.05, 3.63) is 23.8 Å². The predicted molar refractivity (Wildman–Crippen MR) is 65.6 cm³/mol. The molecule has 0 bridgehead atoms. The molecule has 0 aliphatic carbocycles. The van der Waals surface area contributed by atoms with Crippen LogP contribution in [0.2, 0.25) is 0 Å². The third-order valence-electron chi connectivity index (χ3n) is 3.53. The number of benzene rings is 1. The molecule has 1 aromatic carbocycles. The molecule has 0 amide bonds. The van der Waals surface area contributed by atoms with Gasteiger partial charge in [0.1, 0.15) is 13.2 Å². The van der Waals surface area contributed by atoms with Crippen molar-refractivity contribution in [1.82, 2.24) is 5.32 Å². The van der Waals surface area contributed by atoms with Gasteiger partial charge in [-0.1, -0.05) is 12.1 Å². The Kier molecular flexibility index (Phi) is 2.91. The molecule has 0 saturated carbocycles. The molecular formula is C13H18N2O2. The summed E-state index contributed by atoms with van der Waals surface area (Å²) in [4.78, 5) is 0. The normalized spacial score (nSPS) is 27.8. The Morgan fingerprint density at radius 3 is 3.00 bits per heavy atom. The van der Waals surface area contributed by atoms with Crippen molar-refractivity contribution in [2.45, 2.75) is 18.4 Å². The predicted octanol–water partition coefficient (Wildman–Crippen LogP) is 0.862. The van der Waals surface area contributed by atoms with E-state index in [1.165, 1.54) is 5.56 Å². The van der Waals surface area contributed by atoms with E-state index >= 15 is 0 Å². The van der Waals surface area contributed by atoms with Crippen molar-refractivity contribution in [3.63, 3.8) is 0 Å². The van der Waals surface area contributed by atoms with E-state index in [9.17, 15) is 0 Å². The molecule has 3 rings (SSSR count). The molecule has 3 N–H and O–H groups in total. The summed E-state index contributed by atoms with van der Waals surface area (Å²) < 4.78 is 11.4. The van der Waals surface area contributed by atoms with Crippen LogP contribution in [-0.2, 0) is 0 Å². The fourth-order valence-electron chi connectivity index (χ4n) is 2.61. The van der Waals surface area contributed by atoms with E-state index in [4.69, 9.17) is 15.2 Å². The maximum Gasteiger partial charge on any atom is 0.164 e. The van der Waals surface area contributed by atoms with E-state index in [1.54, 1.807) is 0 Å². The van der Waals surface area contributed by atoms with Crippen LogP contribution in [0.1, 0.15) is 17.9 Å². The average Bonchev–Trinajstić information content (AvgIpc) is 2.39. The number of ether oxygens (including phenoxy) is 2. The molecule has 2 aliphatic rings. The zero-order chi connectivity index (χ0) is 11.7. The van der Waals surface area contributed by atoms with E-state index in [0.717, 1.165) is 31.0 Å². The molecule has 4 heteroatoms. The highest BCUT2D eigenvalue weighted by molar-refractivity contribution is 5.49. The Morgan fingerprint density at radius 2 is 2.12 bits per heavy atom. The van der Waals surface area contributed by atoms with Crippen LogP contribution < -0.4 is 20.5 Å². The van der Waals surface area contributed by atoms with Crippen LogP contribution in [-0.4, -0.2) is 32.3 Å². The van der Waals surface area contributed by atoms with Gasteiger partial charge >= 0.3 is 0 Å². The maximum atomic E-state index is 6.21. The van der Waals surface area contributed by atoms with Crippen LogP contribution in [0.25, 0.3) is 0 Å². The molecule has 0 radical (unpaired) electrons. The summed E-state index contributed by atoms with van der Waals surface area (Å²) in [6.45, 7) is 3.18. The van der Waals surface area contributed by atoms with Crippen molar-refractivity contribution in [3.8, 4) is 11.5 Å². The number of para-hydroxylation sites is 1. The lowest BCUT2D eigenvalue weighted by atomic mass is 9.86. The molecule has 2 aliphatic heterocycles. The second-order valence-corrected chi connectivity index (χ2v) is 4.63. The van der Waals surface area contributed by atoms with Crippen LogP contribution in [0.15, 0.2) is 18.2 Å². The van der Waals surface area contributed by atoms with E-state index < -0.39 is 0 Å². The van der Waals surface area contributed by atoms with Gasteiger partial charge < -0.3 is 20.5 Å². The molecule has 2 atom stereocenters. The zero-order valence-corrected chi connectivity index (χ0v) is 9.82. The fraction of sp³-hybridized carbons (Fsp3) is 0.538. The van der Waals surface area contributed by atoms with Gasteiger partial charge in [-0.15, -0.1) is 0 Å². The van der Waals surface area contributed by atoms with Gasteiger partial charge in [-0.25, -0.2) is 0 Å². The molecule has 92 valence electrons. The maximum absolute atomic E-state index is 6.21. The molecule has 1 fully saturated rings. The van der Waals surface area contributed by atoms with Gasteiger partial charge in [-0.3, -0.25) is 0 Å². The summed E-state index contributed by atoms with van der Waals surface area (Å²) in [7, 11) is 0. The van der Waals surface area contributed by atoms with Gasteiger partial charge in [0.15, 0.2) is 11.5 Å². The fourth-order valence-corrected chi connectivity index (χ4v) is 2.61. The first-order valence-corrected chi connectivity index (χ1v) is 6.21. The number of piperidine rings is 1. The minimum absolute atomic E-state index is 0.202. The second kappa shape index (κ2) is 4.55. The molecule has 1 saturated heterocycles. The molecule has 2 unspecified atom stereocenters. The summed E-state index contributed by atoms with van der Waals surface area (Å²) in [5.41, 5.74) is 7.39. The highest BCUT2D eigenvalue weighted by atomic mass is 16.6. The van der Waals surface area contributed by atoms with Crippen LogP contribution >= 0.6 is 0 Å². The quantitative estimate of drug-likeness (QED) is 0.757. The Morgan fingerprint density at radius 1 is 1.24 bits per heavy atom. The van der Waals surface area contributed by atoms with Gasteiger partial charge in [-0.05, 0) is 19.0 Å². The largest absolute Gasteiger partial charge is 0.486 e. The number of nitrogens with one attached hydrogen (secondary N) is 1. The van der Waals surface area contributed by atoms with Crippen molar-refractivity contribution in [1.29, 1.82) is 0 Å². The molecule has 2 heterocycles. The Hall–Kier alpha value is -1.26. The lowest BCUT2D eigenvalue weighted by molar-refractivity contribution is 0.168. The van der Waals surface area contributed by atoms with E-state index in [2.05, 4.69) is 11.4 Å². The van der Waals surface area contributed by atoms with Gasteiger partial charge in [0.25, 0.3) is 0 Å². The van der Waals surface area contributed by atoms with Crippen molar-refractivity contribution in [2.75, 3.05) is 26.3 Å². The number of nitrogens with two attached hydrogens (primary N) is 1. The van der Waals surface area contributed by atoms with Crippen LogP contribution in [0.4, 0.5) is 0 Å². The summed E-state index contributed by atoms with van der Waals surface area (Å²) in [6, 6.07) is 6.28. The Bertz CT molecular complexity index is 408. The first-order chi connectivity index (χ1) is 8.36. The highest BCUT2D eigenvalue weighted by Crippen LogP contribution is 2.39. The first kappa shape index (κ1) is 10.9. The zero-order valence-electron chi connectivity index (χ0n) is 9.82. The Labute approximate surface area is 101 Å². The van der Waals surface area contributed by atoms with Crippen molar-refractivity contribution < 1.29 is 9.47 Å². The molecule has 0 aromatic heterocycles. The van der Waals surface area contributed by atoms with Gasteiger partial charge in [0.05, 0.1) is 0 Å². The van der Waals surface area contributed by atoms with Gasteiger partial charge in [0, 0.05) is 24.1 Å². The number of fused-ring (bicyclic) bond motifs is 1. The monoisotopic (exact) mass is 234 g/mol. The van der Waals surface area contributed by atoms with Gasteiger partial charge in [-0.2, -0.15) is 0 Å². The molecule has 1 aromatic rings. The topological polar surface area (TPSA) is 56.5 Å². The third-order valence-corrected chi connectivity index (χ3v) is 3.53. The number of hydrogen-bond acceptors (Lipinski definition) is 4. The van der Waals surface area contributed by atoms with E-state index in [-0.39, 0.29) is 6.04 Å². The van der Waals surface area contributed by atoms with E-state index in [0.29, 0.717) is 19.1 Å². The standard InChI is InChI=1S/C13H18N2O2/c14-11-4-5-15-8-10(11)9-2-1-3-12-13(9)17-7-6-16-12/h1-3,10-11,15H,4-8,14H2. The van der Waals surface area contributed by atoms with Crippen LogP contribution in [0.5, 0.6) is 11.5 Å². The van der Waals surface area contributed by atoms with E-state index in [1.807, 2.05) is 12.1 Å².